The molecule has 1 aromatic carbocycles. The minimum Gasteiger partial charge on any atom is -0.488 e. The third kappa shape index (κ3) is 6.60. The molecular weight excluding hydrogens is 242 g/mol. The molecule has 0 amide bonds. The molecule has 0 saturated carbocycles. The summed E-state index contributed by atoms with van der Waals surface area (Å²) in [6.07, 6.45) is 6.61. The van der Waals surface area contributed by atoms with E-state index in [1.165, 1.54) is 31.4 Å². The Labute approximate surface area is 114 Å². The minimum atomic E-state index is -0.930. The average molecular weight is 263 g/mol. The van der Waals surface area contributed by atoms with E-state index in [9.17, 15) is 4.79 Å². The van der Waals surface area contributed by atoms with Crippen molar-refractivity contribution in [1.82, 2.24) is 0 Å². The highest BCUT2D eigenvalue weighted by molar-refractivity contribution is 5.87. The maximum absolute atomic E-state index is 10.7. The fraction of sp³-hybridized carbons (Fsp3) is 0.467. The van der Waals surface area contributed by atoms with Crippen molar-refractivity contribution in [2.75, 3.05) is 13.2 Å². The van der Waals surface area contributed by atoms with E-state index in [2.05, 4.69) is 11.9 Å². The van der Waals surface area contributed by atoms with Crippen LogP contribution >= 0.6 is 0 Å². The zero-order valence-electron chi connectivity index (χ0n) is 11.3. The number of aromatic carboxylic acids is 1. The highest BCUT2D eigenvalue weighted by atomic mass is 16.5. The molecule has 0 radical (unpaired) electrons. The molecule has 19 heavy (non-hydrogen) atoms. The van der Waals surface area contributed by atoms with Gasteiger partial charge in [-0.05, 0) is 30.7 Å². The zero-order valence-corrected chi connectivity index (χ0v) is 11.3. The molecule has 0 spiro atoms. The van der Waals surface area contributed by atoms with Gasteiger partial charge in [0.25, 0.3) is 0 Å². The lowest BCUT2D eigenvalue weighted by atomic mass is 10.2. The van der Waals surface area contributed by atoms with Crippen molar-refractivity contribution in [1.29, 1.82) is 0 Å². The van der Waals surface area contributed by atoms with Crippen LogP contribution in [0.1, 0.15) is 43.0 Å². The van der Waals surface area contributed by atoms with Crippen LogP contribution in [0.15, 0.2) is 29.3 Å². The van der Waals surface area contributed by atoms with Crippen LogP contribution in [-0.2, 0) is 0 Å². The van der Waals surface area contributed by atoms with Crippen LogP contribution in [0.3, 0.4) is 0 Å². The highest BCUT2D eigenvalue weighted by Gasteiger charge is 2.01. The number of carboxylic acid groups (broad SMARTS) is 1. The Morgan fingerprint density at radius 1 is 1.26 bits per heavy atom. The summed E-state index contributed by atoms with van der Waals surface area (Å²) in [7, 11) is 0. The van der Waals surface area contributed by atoms with Gasteiger partial charge in [0, 0.05) is 12.8 Å². The van der Waals surface area contributed by atoms with Crippen LogP contribution in [0.25, 0.3) is 0 Å². The van der Waals surface area contributed by atoms with Crippen LogP contribution in [0.4, 0.5) is 0 Å². The Morgan fingerprint density at radius 2 is 2.00 bits per heavy atom. The lowest BCUT2D eigenvalue weighted by molar-refractivity contribution is 0.0697. The molecule has 1 rings (SSSR count). The van der Waals surface area contributed by atoms with Gasteiger partial charge in [-0.3, -0.25) is 4.99 Å². The molecule has 0 bridgehead atoms. The number of rotatable bonds is 9. The van der Waals surface area contributed by atoms with Gasteiger partial charge in [0.15, 0.2) is 0 Å². The van der Waals surface area contributed by atoms with Gasteiger partial charge in [0.2, 0.25) is 0 Å². The van der Waals surface area contributed by atoms with Gasteiger partial charge < -0.3 is 9.84 Å². The number of carboxylic acids is 1. The third-order valence-corrected chi connectivity index (χ3v) is 2.70. The second-order valence-corrected chi connectivity index (χ2v) is 4.29. The van der Waals surface area contributed by atoms with Gasteiger partial charge in [-0.15, -0.1) is 0 Å². The molecule has 0 aliphatic carbocycles. The van der Waals surface area contributed by atoms with Gasteiger partial charge in [0.1, 0.15) is 12.4 Å². The number of hydrogen-bond donors (Lipinski definition) is 1. The molecule has 0 aliphatic heterocycles. The summed E-state index contributed by atoms with van der Waals surface area (Å²) in [5.74, 6) is -0.275. The molecule has 0 aliphatic rings. The van der Waals surface area contributed by atoms with E-state index in [0.29, 0.717) is 12.4 Å². The van der Waals surface area contributed by atoms with Crippen LogP contribution in [0.2, 0.25) is 0 Å². The molecular formula is C15H21NO3. The molecule has 0 aromatic heterocycles. The maximum atomic E-state index is 10.7. The van der Waals surface area contributed by atoms with Crippen LogP contribution in [-0.4, -0.2) is 30.4 Å². The number of hydrogen-bond acceptors (Lipinski definition) is 3. The first-order chi connectivity index (χ1) is 9.24. The van der Waals surface area contributed by atoms with Gasteiger partial charge in [0.05, 0.1) is 5.56 Å². The van der Waals surface area contributed by atoms with Gasteiger partial charge in [-0.1, -0.05) is 26.2 Å². The van der Waals surface area contributed by atoms with Crippen molar-refractivity contribution < 1.29 is 14.6 Å². The Balaban J connectivity index is 2.18. The Kier molecular flexibility index (Phi) is 7.32. The molecule has 0 saturated heterocycles. The first-order valence-corrected chi connectivity index (χ1v) is 6.68. The van der Waals surface area contributed by atoms with E-state index in [1.54, 1.807) is 18.3 Å². The number of carbonyl (C=O) groups is 1. The predicted molar refractivity (Wildman–Crippen MR) is 76.4 cm³/mol. The van der Waals surface area contributed by atoms with Crippen molar-refractivity contribution in [2.24, 2.45) is 4.99 Å². The first-order valence-electron chi connectivity index (χ1n) is 6.68. The summed E-state index contributed by atoms with van der Waals surface area (Å²) in [4.78, 5) is 14.9. The van der Waals surface area contributed by atoms with Crippen molar-refractivity contribution >= 4 is 12.2 Å². The van der Waals surface area contributed by atoms with Gasteiger partial charge in [-0.2, -0.15) is 0 Å². The summed E-state index contributed by atoms with van der Waals surface area (Å²) in [5.41, 5.74) is 0.261. The molecule has 0 heterocycles. The first kappa shape index (κ1) is 15.2. The Bertz CT molecular complexity index is 398. The Hall–Kier alpha value is -1.84. The second-order valence-electron chi connectivity index (χ2n) is 4.29. The molecule has 1 N–H and O–H groups in total. The van der Waals surface area contributed by atoms with E-state index < -0.39 is 5.97 Å². The van der Waals surface area contributed by atoms with E-state index >= 15 is 0 Å². The normalized spacial score (nSPS) is 10.8. The second kappa shape index (κ2) is 9.14. The maximum Gasteiger partial charge on any atom is 0.335 e. The fourth-order valence-corrected chi connectivity index (χ4v) is 1.60. The predicted octanol–water partition coefficient (Wildman–Crippen LogP) is 3.41. The number of ether oxygens (including phenoxy) is 1. The summed E-state index contributed by atoms with van der Waals surface area (Å²) >= 11 is 0. The third-order valence-electron chi connectivity index (χ3n) is 2.70. The molecule has 0 fully saturated rings. The van der Waals surface area contributed by atoms with E-state index in [0.717, 1.165) is 13.0 Å². The van der Waals surface area contributed by atoms with Crippen LogP contribution in [0, 0.1) is 0 Å². The number of unbranched alkanes of at least 4 members (excludes halogenated alkanes) is 3. The fourth-order valence-electron chi connectivity index (χ4n) is 1.60. The molecule has 0 unspecified atom stereocenters. The average Bonchev–Trinajstić information content (AvgIpc) is 2.42. The lowest BCUT2D eigenvalue weighted by Gasteiger charge is -2.02. The van der Waals surface area contributed by atoms with Crippen molar-refractivity contribution in [3.05, 3.63) is 29.8 Å². The Morgan fingerprint density at radius 3 is 2.63 bits per heavy atom. The van der Waals surface area contributed by atoms with Crippen LogP contribution in [0.5, 0.6) is 5.75 Å². The number of nitrogens with zero attached hydrogens (tertiary/aromatic N) is 1. The van der Waals surface area contributed by atoms with Gasteiger partial charge >= 0.3 is 5.97 Å². The SMILES string of the molecule is CCCCCCN=CCOc1ccc(C(=O)O)cc1. The molecule has 4 heteroatoms. The highest BCUT2D eigenvalue weighted by Crippen LogP contribution is 2.11. The zero-order chi connectivity index (χ0) is 13.9. The van der Waals surface area contributed by atoms with E-state index in [4.69, 9.17) is 9.84 Å². The number of aliphatic imine (C=N–C) groups is 1. The summed E-state index contributed by atoms with van der Waals surface area (Å²) in [6.45, 7) is 3.45. The summed E-state index contributed by atoms with van der Waals surface area (Å²) in [6, 6.07) is 6.36. The summed E-state index contributed by atoms with van der Waals surface area (Å²) < 4.78 is 5.43. The molecule has 104 valence electrons. The standard InChI is InChI=1S/C15H21NO3/c1-2-3-4-5-10-16-11-12-19-14-8-6-13(7-9-14)15(17)18/h6-9,11H,2-5,10,12H2,1H3,(H,17,18). The molecule has 0 atom stereocenters. The van der Waals surface area contributed by atoms with E-state index in [1.807, 2.05) is 0 Å². The minimum absolute atomic E-state index is 0.261. The van der Waals surface area contributed by atoms with Crippen molar-refractivity contribution in [2.45, 2.75) is 32.6 Å². The van der Waals surface area contributed by atoms with Gasteiger partial charge in [-0.25, -0.2) is 4.79 Å². The topological polar surface area (TPSA) is 58.9 Å². The van der Waals surface area contributed by atoms with Crippen molar-refractivity contribution in [3.63, 3.8) is 0 Å². The van der Waals surface area contributed by atoms with Crippen LogP contribution < -0.4 is 4.74 Å². The van der Waals surface area contributed by atoms with E-state index in [-0.39, 0.29) is 5.56 Å². The smallest absolute Gasteiger partial charge is 0.335 e. The monoisotopic (exact) mass is 263 g/mol. The largest absolute Gasteiger partial charge is 0.488 e. The number of benzene rings is 1. The molecule has 4 nitrogen and oxygen atoms in total. The lowest BCUT2D eigenvalue weighted by Crippen LogP contribution is -2.00. The quantitative estimate of drug-likeness (QED) is 0.548. The summed E-state index contributed by atoms with van der Waals surface area (Å²) in [5, 5.41) is 8.75. The van der Waals surface area contributed by atoms with Crippen molar-refractivity contribution in [3.8, 4) is 5.75 Å². The molecule has 1 aromatic rings.